The lowest BCUT2D eigenvalue weighted by Crippen LogP contribution is -2.50. The van der Waals surface area contributed by atoms with Crippen LogP contribution in [0.5, 0.6) is 0 Å². The van der Waals surface area contributed by atoms with E-state index in [1.807, 2.05) is 4.90 Å². The number of hydrogen-bond acceptors (Lipinski definition) is 3. The van der Waals surface area contributed by atoms with Gasteiger partial charge in [0, 0.05) is 57.1 Å². The fourth-order valence-electron chi connectivity index (χ4n) is 5.12. The molecule has 1 aromatic carbocycles. The van der Waals surface area contributed by atoms with E-state index >= 15 is 0 Å². The van der Waals surface area contributed by atoms with Crippen LogP contribution in [0.1, 0.15) is 52.1 Å². The molecule has 5 heteroatoms. The number of rotatable bonds is 6. The Bertz CT molecular complexity index is 926. The van der Waals surface area contributed by atoms with Gasteiger partial charge in [-0.15, -0.1) is 0 Å². The zero-order chi connectivity index (χ0) is 21.3. The van der Waals surface area contributed by atoms with Crippen molar-refractivity contribution in [3.8, 4) is 0 Å². The van der Waals surface area contributed by atoms with E-state index in [-0.39, 0.29) is 6.04 Å². The molecule has 0 aliphatic carbocycles. The van der Waals surface area contributed by atoms with Gasteiger partial charge in [-0.1, -0.05) is 26.0 Å². The van der Waals surface area contributed by atoms with Crippen LogP contribution in [0.25, 0.3) is 16.6 Å². The van der Waals surface area contributed by atoms with Gasteiger partial charge >= 0.3 is 0 Å². The molecule has 1 saturated heterocycles. The molecule has 1 atom stereocenters. The Labute approximate surface area is 180 Å². The first-order valence-electron chi connectivity index (χ1n) is 11.5. The largest absolute Gasteiger partial charge is 0.342 e. The number of benzene rings is 1. The highest BCUT2D eigenvalue weighted by molar-refractivity contribution is 5.84. The fourth-order valence-corrected chi connectivity index (χ4v) is 5.12. The summed E-state index contributed by atoms with van der Waals surface area (Å²) in [6, 6.07) is 9.81. The number of piperazine rings is 1. The van der Waals surface area contributed by atoms with Crippen LogP contribution in [0.3, 0.4) is 0 Å². The molecule has 5 nitrogen and oxygen atoms in total. The van der Waals surface area contributed by atoms with E-state index in [1.54, 1.807) is 0 Å². The number of aromatic nitrogens is 1. The van der Waals surface area contributed by atoms with Gasteiger partial charge in [-0.2, -0.15) is 0 Å². The first-order chi connectivity index (χ1) is 14.5. The lowest BCUT2D eigenvalue weighted by atomic mass is 9.97. The van der Waals surface area contributed by atoms with Gasteiger partial charge in [0.15, 0.2) is 0 Å². The van der Waals surface area contributed by atoms with Crippen molar-refractivity contribution in [2.75, 3.05) is 32.7 Å². The monoisotopic (exact) mass is 408 g/mol. The van der Waals surface area contributed by atoms with Gasteiger partial charge in [-0.05, 0) is 54.8 Å². The minimum Gasteiger partial charge on any atom is -0.342 e. The standard InChI is InChI=1S/C25H36N4O/c1-18(2)13-22-15-26-9-7-23(22)29-10-8-20-5-6-21(14-24(20)29)25-16-27(17-30)11-12-28(25)19(3)4/h5-6,8,10,14,17-19,25-26H,7,9,11-13,15-16H2,1-4H3. The minimum absolute atomic E-state index is 0.244. The third-order valence-electron chi connectivity index (χ3n) is 6.60. The summed E-state index contributed by atoms with van der Waals surface area (Å²) in [6.45, 7) is 13.6. The Morgan fingerprint density at radius 2 is 2.00 bits per heavy atom. The second-order valence-electron chi connectivity index (χ2n) is 9.53. The number of carbonyl (C=O) groups excluding carboxylic acids is 1. The maximum absolute atomic E-state index is 11.5. The van der Waals surface area contributed by atoms with Crippen molar-refractivity contribution in [1.82, 2.24) is 19.7 Å². The predicted molar refractivity (Wildman–Crippen MR) is 124 cm³/mol. The van der Waals surface area contributed by atoms with Gasteiger partial charge in [-0.3, -0.25) is 9.69 Å². The van der Waals surface area contributed by atoms with E-state index in [4.69, 9.17) is 0 Å². The second-order valence-corrected chi connectivity index (χ2v) is 9.53. The number of nitrogens with zero attached hydrogens (tertiary/aromatic N) is 3. The molecule has 0 spiro atoms. The number of hydrogen-bond donors (Lipinski definition) is 1. The molecule has 3 heterocycles. The van der Waals surface area contributed by atoms with Crippen molar-refractivity contribution < 1.29 is 4.79 Å². The Kier molecular flexibility index (Phi) is 6.30. The Morgan fingerprint density at radius 1 is 1.17 bits per heavy atom. The smallest absolute Gasteiger partial charge is 0.209 e. The maximum Gasteiger partial charge on any atom is 0.209 e. The van der Waals surface area contributed by atoms with Crippen LogP contribution in [-0.4, -0.2) is 59.5 Å². The van der Waals surface area contributed by atoms with Gasteiger partial charge in [0.25, 0.3) is 0 Å². The molecule has 2 aliphatic heterocycles. The summed E-state index contributed by atoms with van der Waals surface area (Å²) in [5, 5.41) is 4.84. The summed E-state index contributed by atoms with van der Waals surface area (Å²) in [7, 11) is 0. The van der Waals surface area contributed by atoms with Gasteiger partial charge in [0.1, 0.15) is 0 Å². The quantitative estimate of drug-likeness (QED) is 0.731. The highest BCUT2D eigenvalue weighted by atomic mass is 16.1. The lowest BCUT2D eigenvalue weighted by molar-refractivity contribution is -0.121. The summed E-state index contributed by atoms with van der Waals surface area (Å²) in [6.07, 6.45) is 5.45. The zero-order valence-corrected chi connectivity index (χ0v) is 18.9. The number of fused-ring (bicyclic) bond motifs is 1. The second kappa shape index (κ2) is 8.94. The molecule has 2 aromatic rings. The van der Waals surface area contributed by atoms with E-state index in [0.717, 1.165) is 52.0 Å². The normalized spacial score (nSPS) is 21.3. The van der Waals surface area contributed by atoms with Crippen LogP contribution in [-0.2, 0) is 4.79 Å². The van der Waals surface area contributed by atoms with Gasteiger partial charge in [0.05, 0.1) is 11.6 Å². The van der Waals surface area contributed by atoms with Gasteiger partial charge < -0.3 is 14.8 Å². The summed E-state index contributed by atoms with van der Waals surface area (Å²) in [5.41, 5.74) is 5.60. The third kappa shape index (κ3) is 4.19. The molecule has 162 valence electrons. The number of amides is 1. The van der Waals surface area contributed by atoms with Gasteiger partial charge in [-0.25, -0.2) is 0 Å². The molecule has 1 fully saturated rings. The average Bonchev–Trinajstić information content (AvgIpc) is 3.16. The Hall–Kier alpha value is -2.11. The third-order valence-corrected chi connectivity index (χ3v) is 6.60. The minimum atomic E-state index is 0.244. The number of nitrogens with one attached hydrogen (secondary N) is 1. The van der Waals surface area contributed by atoms with Crippen LogP contribution in [0.2, 0.25) is 0 Å². The molecule has 2 aliphatic rings. The summed E-state index contributed by atoms with van der Waals surface area (Å²) in [5.74, 6) is 0.656. The van der Waals surface area contributed by atoms with E-state index < -0.39 is 0 Å². The van der Waals surface area contributed by atoms with Crippen LogP contribution in [0, 0.1) is 5.92 Å². The molecule has 1 aromatic heterocycles. The topological polar surface area (TPSA) is 40.5 Å². The highest BCUT2D eigenvalue weighted by Gasteiger charge is 2.29. The molecule has 0 bridgehead atoms. The Balaban J connectivity index is 1.75. The SMILES string of the molecule is CC(C)CC1=C(n2ccc3ccc(C4CN(C=O)CCN4C(C)C)cc32)CCNC1. The van der Waals surface area contributed by atoms with Crippen molar-refractivity contribution in [2.45, 2.75) is 52.6 Å². The first kappa shape index (κ1) is 21.1. The molecular formula is C25H36N4O. The summed E-state index contributed by atoms with van der Waals surface area (Å²) in [4.78, 5) is 15.9. The Morgan fingerprint density at radius 3 is 2.73 bits per heavy atom. The first-order valence-corrected chi connectivity index (χ1v) is 11.5. The van der Waals surface area contributed by atoms with E-state index in [0.29, 0.717) is 12.0 Å². The molecule has 30 heavy (non-hydrogen) atoms. The van der Waals surface area contributed by atoms with Crippen molar-refractivity contribution in [1.29, 1.82) is 0 Å². The summed E-state index contributed by atoms with van der Waals surface area (Å²) < 4.78 is 2.43. The highest BCUT2D eigenvalue weighted by Crippen LogP contribution is 2.32. The van der Waals surface area contributed by atoms with E-state index in [1.165, 1.54) is 27.7 Å². The molecule has 0 saturated carbocycles. The van der Waals surface area contributed by atoms with Gasteiger partial charge in [0.2, 0.25) is 6.41 Å². The van der Waals surface area contributed by atoms with Crippen LogP contribution in [0.15, 0.2) is 36.0 Å². The number of carbonyl (C=O) groups is 1. The van der Waals surface area contributed by atoms with Crippen LogP contribution in [0.4, 0.5) is 0 Å². The van der Waals surface area contributed by atoms with Crippen LogP contribution < -0.4 is 5.32 Å². The predicted octanol–water partition coefficient (Wildman–Crippen LogP) is 4.12. The summed E-state index contributed by atoms with van der Waals surface area (Å²) >= 11 is 0. The molecule has 0 radical (unpaired) electrons. The molecule has 1 unspecified atom stereocenters. The van der Waals surface area contributed by atoms with Crippen molar-refractivity contribution >= 4 is 23.0 Å². The molecular weight excluding hydrogens is 372 g/mol. The maximum atomic E-state index is 11.5. The molecule has 4 rings (SSSR count). The lowest BCUT2D eigenvalue weighted by Gasteiger charge is -2.42. The van der Waals surface area contributed by atoms with E-state index in [2.05, 4.69) is 72.9 Å². The fraction of sp³-hybridized carbons (Fsp3) is 0.560. The van der Waals surface area contributed by atoms with Crippen molar-refractivity contribution in [3.63, 3.8) is 0 Å². The molecule has 1 amide bonds. The van der Waals surface area contributed by atoms with E-state index in [9.17, 15) is 4.79 Å². The zero-order valence-electron chi connectivity index (χ0n) is 18.9. The molecule has 1 N–H and O–H groups in total. The van der Waals surface area contributed by atoms with Crippen molar-refractivity contribution in [3.05, 3.63) is 41.6 Å². The van der Waals surface area contributed by atoms with Crippen molar-refractivity contribution in [2.24, 2.45) is 5.92 Å². The van der Waals surface area contributed by atoms with Crippen LogP contribution >= 0.6 is 0 Å². The average molecular weight is 409 g/mol.